The first-order valence-electron chi connectivity index (χ1n) is 12.3. The maximum Gasteiger partial charge on any atom is 0.264 e. The van der Waals surface area contributed by atoms with E-state index in [1.165, 1.54) is 55.6 Å². The van der Waals surface area contributed by atoms with Gasteiger partial charge < -0.3 is 10.1 Å². The molecule has 41 heavy (non-hydrogen) atoms. The molecular formula is C29H28ClN3O6S2. The summed E-state index contributed by atoms with van der Waals surface area (Å²) in [5.74, 6) is -0.469. The van der Waals surface area contributed by atoms with Crippen LogP contribution >= 0.6 is 11.6 Å². The Morgan fingerprint density at radius 3 is 2.17 bits per heavy atom. The summed E-state index contributed by atoms with van der Waals surface area (Å²) >= 11 is 6.17. The lowest BCUT2D eigenvalue weighted by Crippen LogP contribution is -2.38. The van der Waals surface area contributed by atoms with E-state index in [0.717, 1.165) is 15.4 Å². The molecule has 4 aromatic rings. The van der Waals surface area contributed by atoms with Crippen LogP contribution in [0.5, 0.6) is 5.75 Å². The predicted octanol–water partition coefficient (Wildman–Crippen LogP) is 5.60. The fraction of sp³-hybridized carbons (Fsp3) is 0.138. The highest BCUT2D eigenvalue weighted by Crippen LogP contribution is 2.35. The summed E-state index contributed by atoms with van der Waals surface area (Å²) in [5.41, 5.74) is 2.61. The maximum atomic E-state index is 13.6. The quantitative estimate of drug-likeness (QED) is 0.240. The monoisotopic (exact) mass is 613 g/mol. The summed E-state index contributed by atoms with van der Waals surface area (Å²) in [6.07, 6.45) is 0. The van der Waals surface area contributed by atoms with E-state index in [9.17, 15) is 21.6 Å². The van der Waals surface area contributed by atoms with Gasteiger partial charge in [-0.3, -0.25) is 13.8 Å². The third-order valence-corrected chi connectivity index (χ3v) is 9.49. The van der Waals surface area contributed by atoms with Gasteiger partial charge in [-0.25, -0.2) is 16.8 Å². The summed E-state index contributed by atoms with van der Waals surface area (Å²) in [7, 11) is -6.71. The molecule has 214 valence electrons. The van der Waals surface area contributed by atoms with Gasteiger partial charge in [0, 0.05) is 10.7 Å². The van der Waals surface area contributed by atoms with Gasteiger partial charge in [0.25, 0.3) is 20.0 Å². The van der Waals surface area contributed by atoms with Gasteiger partial charge in [-0.1, -0.05) is 47.5 Å². The van der Waals surface area contributed by atoms with Crippen LogP contribution in [0.4, 0.5) is 17.1 Å². The van der Waals surface area contributed by atoms with Gasteiger partial charge in [0.2, 0.25) is 5.91 Å². The Bertz CT molecular complexity index is 1780. The summed E-state index contributed by atoms with van der Waals surface area (Å²) in [5, 5.41) is 2.88. The van der Waals surface area contributed by atoms with Crippen LogP contribution in [0.2, 0.25) is 5.02 Å². The lowest BCUT2D eigenvalue weighted by Gasteiger charge is -2.26. The van der Waals surface area contributed by atoms with Crippen LogP contribution in [0.1, 0.15) is 11.1 Å². The fourth-order valence-corrected chi connectivity index (χ4v) is 6.80. The van der Waals surface area contributed by atoms with Crippen molar-refractivity contribution in [1.29, 1.82) is 0 Å². The molecule has 0 bridgehead atoms. The maximum absolute atomic E-state index is 13.6. The highest BCUT2D eigenvalue weighted by molar-refractivity contribution is 7.93. The Kier molecular flexibility index (Phi) is 8.91. The fourth-order valence-electron chi connectivity index (χ4n) is 4.06. The average Bonchev–Trinajstić information content (AvgIpc) is 2.94. The molecule has 0 fully saturated rings. The van der Waals surface area contributed by atoms with Gasteiger partial charge in [0.1, 0.15) is 12.3 Å². The minimum Gasteiger partial charge on any atom is -0.495 e. The second-order valence-corrected chi connectivity index (χ2v) is 13.1. The largest absolute Gasteiger partial charge is 0.495 e. The number of rotatable bonds is 10. The molecule has 0 atom stereocenters. The van der Waals surface area contributed by atoms with E-state index in [0.29, 0.717) is 5.69 Å². The number of anilines is 3. The van der Waals surface area contributed by atoms with E-state index in [2.05, 4.69) is 10.0 Å². The van der Waals surface area contributed by atoms with Crippen molar-refractivity contribution in [3.05, 3.63) is 107 Å². The molecule has 0 aliphatic carbocycles. The Morgan fingerprint density at radius 2 is 1.54 bits per heavy atom. The van der Waals surface area contributed by atoms with E-state index < -0.39 is 32.5 Å². The van der Waals surface area contributed by atoms with Crippen LogP contribution in [0.3, 0.4) is 0 Å². The molecule has 9 nitrogen and oxygen atoms in total. The van der Waals surface area contributed by atoms with Crippen molar-refractivity contribution in [2.75, 3.05) is 28.0 Å². The predicted molar refractivity (Wildman–Crippen MR) is 161 cm³/mol. The van der Waals surface area contributed by atoms with Crippen molar-refractivity contribution in [3.8, 4) is 5.75 Å². The van der Waals surface area contributed by atoms with E-state index in [1.54, 1.807) is 30.3 Å². The van der Waals surface area contributed by atoms with Crippen molar-refractivity contribution in [2.24, 2.45) is 0 Å². The van der Waals surface area contributed by atoms with Gasteiger partial charge in [-0.2, -0.15) is 0 Å². The highest BCUT2D eigenvalue weighted by Gasteiger charge is 2.30. The summed E-state index contributed by atoms with van der Waals surface area (Å²) in [4.78, 5) is 13.1. The zero-order chi connectivity index (χ0) is 29.8. The van der Waals surface area contributed by atoms with Crippen LogP contribution in [-0.4, -0.2) is 36.4 Å². The van der Waals surface area contributed by atoms with Crippen LogP contribution < -0.4 is 19.1 Å². The molecule has 0 aliphatic heterocycles. The number of hydrogen-bond donors (Lipinski definition) is 2. The van der Waals surface area contributed by atoms with Gasteiger partial charge in [-0.15, -0.1) is 0 Å². The van der Waals surface area contributed by atoms with Crippen LogP contribution in [0, 0.1) is 13.8 Å². The standard InChI is InChI=1S/C29H28ClN3O6S2/c1-20-9-15-26(21(2)17-20)32-40(35,36)24-13-11-23(12-14-24)31-29(34)19-33(27-18-22(30)10-16-28(27)39-3)41(37,38)25-7-5-4-6-8-25/h4-18,32H,19H2,1-3H3,(H,31,34). The number of halogens is 1. The molecule has 0 aliphatic rings. The number of aryl methyl sites for hydroxylation is 2. The Hall–Kier alpha value is -4.06. The molecule has 4 aromatic carbocycles. The highest BCUT2D eigenvalue weighted by atomic mass is 35.5. The molecule has 0 heterocycles. The molecule has 0 unspecified atom stereocenters. The Morgan fingerprint density at radius 1 is 0.854 bits per heavy atom. The SMILES string of the molecule is COc1ccc(Cl)cc1N(CC(=O)Nc1ccc(S(=O)(=O)Nc2ccc(C)cc2C)cc1)S(=O)(=O)c1ccccc1. The number of ether oxygens (including phenoxy) is 1. The van der Waals surface area contributed by atoms with Crippen LogP contribution in [-0.2, 0) is 24.8 Å². The zero-order valence-corrected chi connectivity index (χ0v) is 24.8. The van der Waals surface area contributed by atoms with Gasteiger partial charge in [-0.05, 0) is 80.1 Å². The van der Waals surface area contributed by atoms with E-state index in [4.69, 9.17) is 16.3 Å². The van der Waals surface area contributed by atoms with Crippen molar-refractivity contribution in [3.63, 3.8) is 0 Å². The molecule has 4 rings (SSSR count). The molecular weight excluding hydrogens is 586 g/mol. The number of carbonyl (C=O) groups excluding carboxylic acids is 1. The number of hydrogen-bond acceptors (Lipinski definition) is 6. The minimum atomic E-state index is -4.21. The van der Waals surface area contributed by atoms with Gasteiger partial charge >= 0.3 is 0 Å². The third kappa shape index (κ3) is 6.99. The second kappa shape index (κ2) is 12.2. The lowest BCUT2D eigenvalue weighted by atomic mass is 10.1. The van der Waals surface area contributed by atoms with Crippen LogP contribution in [0.25, 0.3) is 0 Å². The summed E-state index contributed by atoms with van der Waals surface area (Å²) in [6.45, 7) is 3.12. The first-order chi connectivity index (χ1) is 19.4. The summed E-state index contributed by atoms with van der Waals surface area (Å²) in [6, 6.07) is 23.0. The lowest BCUT2D eigenvalue weighted by molar-refractivity contribution is -0.114. The molecule has 0 spiro atoms. The molecule has 0 saturated heterocycles. The van der Waals surface area contributed by atoms with E-state index >= 15 is 0 Å². The molecule has 0 aromatic heterocycles. The Labute approximate surface area is 244 Å². The van der Waals surface area contributed by atoms with Gasteiger partial charge in [0.15, 0.2) is 0 Å². The molecule has 12 heteroatoms. The van der Waals surface area contributed by atoms with Gasteiger partial charge in [0.05, 0.1) is 28.3 Å². The molecule has 2 N–H and O–H groups in total. The molecule has 1 amide bonds. The normalized spacial score (nSPS) is 11.5. The smallest absolute Gasteiger partial charge is 0.264 e. The van der Waals surface area contributed by atoms with Crippen molar-refractivity contribution in [1.82, 2.24) is 0 Å². The topological polar surface area (TPSA) is 122 Å². The average molecular weight is 614 g/mol. The van der Waals surface area contributed by atoms with Crippen LogP contribution in [0.15, 0.2) is 101 Å². The minimum absolute atomic E-state index is 0.00702. The Balaban J connectivity index is 1.57. The van der Waals surface area contributed by atoms with E-state index in [-0.39, 0.29) is 31.9 Å². The zero-order valence-electron chi connectivity index (χ0n) is 22.5. The van der Waals surface area contributed by atoms with Crippen molar-refractivity contribution < 1.29 is 26.4 Å². The number of nitrogens with one attached hydrogen (secondary N) is 2. The van der Waals surface area contributed by atoms with Crippen molar-refractivity contribution in [2.45, 2.75) is 23.6 Å². The number of sulfonamides is 2. The number of benzene rings is 4. The van der Waals surface area contributed by atoms with Crippen molar-refractivity contribution >= 4 is 54.6 Å². The number of nitrogens with zero attached hydrogens (tertiary/aromatic N) is 1. The third-order valence-electron chi connectivity index (χ3n) is 6.10. The first-order valence-corrected chi connectivity index (χ1v) is 15.6. The second-order valence-electron chi connectivity index (χ2n) is 9.14. The molecule has 0 radical (unpaired) electrons. The first kappa shape index (κ1) is 29.9. The summed E-state index contributed by atoms with van der Waals surface area (Å²) < 4.78 is 61.9. The number of methoxy groups -OCH3 is 1. The number of amides is 1. The number of carbonyl (C=O) groups is 1. The van der Waals surface area contributed by atoms with E-state index in [1.807, 2.05) is 26.0 Å². The molecule has 0 saturated carbocycles.